The van der Waals surface area contributed by atoms with Crippen molar-refractivity contribution in [3.63, 3.8) is 0 Å². The van der Waals surface area contributed by atoms with E-state index in [0.717, 1.165) is 0 Å². The monoisotopic (exact) mass is 255 g/mol. The Morgan fingerprint density at radius 2 is 2.33 bits per heavy atom. The molecule has 0 aromatic heterocycles. The molecular weight excluding hydrogens is 238 g/mol. The van der Waals surface area contributed by atoms with Crippen molar-refractivity contribution in [1.82, 2.24) is 0 Å². The summed E-state index contributed by atoms with van der Waals surface area (Å²) >= 11 is 0. The molecule has 18 heavy (non-hydrogen) atoms. The molecule has 7 heteroatoms. The summed E-state index contributed by atoms with van der Waals surface area (Å²) in [6, 6.07) is 4.48. The molecular formula is C11H17N3O4. The van der Waals surface area contributed by atoms with E-state index in [1.165, 1.54) is 13.2 Å². The number of nitrogen functional groups attached to an aromatic ring is 1. The predicted molar refractivity (Wildman–Crippen MR) is 68.5 cm³/mol. The Kier molecular flexibility index (Phi) is 5.34. The zero-order valence-electron chi connectivity index (χ0n) is 10.1. The van der Waals surface area contributed by atoms with Crippen molar-refractivity contribution in [2.45, 2.75) is 12.5 Å². The Morgan fingerprint density at radius 3 is 2.89 bits per heavy atom. The summed E-state index contributed by atoms with van der Waals surface area (Å²) in [5, 5.41) is 22.8. The standard InChI is InChI=1S/C11H17N3O4/c1-18-7-8(5-6-15)13-10-4-2-3-9(12)11(10)14(16)17/h2-4,8,13,15H,5-7,12H2,1H3. The molecule has 0 aliphatic rings. The molecule has 0 aliphatic carbocycles. The average molecular weight is 255 g/mol. The normalized spacial score (nSPS) is 12.1. The predicted octanol–water partition coefficient (Wildman–Crippen LogP) is 0.986. The topological polar surface area (TPSA) is 111 Å². The molecule has 1 aromatic carbocycles. The van der Waals surface area contributed by atoms with Crippen LogP contribution in [0.15, 0.2) is 18.2 Å². The van der Waals surface area contributed by atoms with Gasteiger partial charge in [-0.1, -0.05) is 6.07 Å². The van der Waals surface area contributed by atoms with Crippen LogP contribution in [0.3, 0.4) is 0 Å². The number of nitro benzene ring substituents is 1. The molecule has 1 aromatic rings. The number of nitro groups is 1. The van der Waals surface area contributed by atoms with E-state index in [1.54, 1.807) is 12.1 Å². The number of methoxy groups -OCH3 is 1. The number of benzene rings is 1. The molecule has 0 heterocycles. The van der Waals surface area contributed by atoms with Crippen LogP contribution in [0.25, 0.3) is 0 Å². The first-order valence-electron chi connectivity index (χ1n) is 5.49. The van der Waals surface area contributed by atoms with E-state index in [0.29, 0.717) is 18.7 Å². The Balaban J connectivity index is 2.94. The van der Waals surface area contributed by atoms with E-state index in [9.17, 15) is 10.1 Å². The molecule has 0 spiro atoms. The fraction of sp³-hybridized carbons (Fsp3) is 0.455. The zero-order valence-corrected chi connectivity index (χ0v) is 10.1. The van der Waals surface area contributed by atoms with Gasteiger partial charge in [0.1, 0.15) is 11.4 Å². The Morgan fingerprint density at radius 1 is 1.61 bits per heavy atom. The Bertz CT molecular complexity index is 405. The third-order valence-electron chi connectivity index (χ3n) is 2.45. The largest absolute Gasteiger partial charge is 0.396 e. The smallest absolute Gasteiger partial charge is 0.314 e. The molecule has 0 saturated carbocycles. The highest BCUT2D eigenvalue weighted by atomic mass is 16.6. The van der Waals surface area contributed by atoms with Gasteiger partial charge in [-0.15, -0.1) is 0 Å². The molecule has 0 radical (unpaired) electrons. The van der Waals surface area contributed by atoms with Crippen LogP contribution in [-0.4, -0.2) is 36.4 Å². The lowest BCUT2D eigenvalue weighted by Crippen LogP contribution is -2.26. The van der Waals surface area contributed by atoms with Crippen molar-refractivity contribution in [2.24, 2.45) is 0 Å². The molecule has 1 atom stereocenters. The lowest BCUT2D eigenvalue weighted by atomic mass is 10.2. The quantitative estimate of drug-likeness (QED) is 0.380. The van der Waals surface area contributed by atoms with Gasteiger partial charge in [0.25, 0.3) is 0 Å². The van der Waals surface area contributed by atoms with Crippen molar-refractivity contribution in [3.8, 4) is 0 Å². The lowest BCUT2D eigenvalue weighted by molar-refractivity contribution is -0.383. The van der Waals surface area contributed by atoms with E-state index < -0.39 is 4.92 Å². The van der Waals surface area contributed by atoms with Gasteiger partial charge in [-0.3, -0.25) is 10.1 Å². The summed E-state index contributed by atoms with van der Waals surface area (Å²) in [6.45, 7) is 0.309. The summed E-state index contributed by atoms with van der Waals surface area (Å²) < 4.78 is 4.98. The number of aliphatic hydroxyl groups is 1. The third-order valence-corrected chi connectivity index (χ3v) is 2.45. The molecule has 7 nitrogen and oxygen atoms in total. The molecule has 0 saturated heterocycles. The fourth-order valence-corrected chi connectivity index (χ4v) is 1.66. The minimum Gasteiger partial charge on any atom is -0.396 e. The number of aliphatic hydroxyl groups excluding tert-OH is 1. The number of rotatable bonds is 7. The van der Waals surface area contributed by atoms with Crippen LogP contribution in [0.4, 0.5) is 17.1 Å². The van der Waals surface area contributed by atoms with Crippen molar-refractivity contribution in [1.29, 1.82) is 0 Å². The second kappa shape index (κ2) is 6.77. The highest BCUT2D eigenvalue weighted by molar-refractivity contribution is 5.74. The van der Waals surface area contributed by atoms with E-state index in [2.05, 4.69) is 5.32 Å². The van der Waals surface area contributed by atoms with Crippen LogP contribution in [0.1, 0.15) is 6.42 Å². The molecule has 4 N–H and O–H groups in total. The number of nitrogens with zero attached hydrogens (tertiary/aromatic N) is 1. The van der Waals surface area contributed by atoms with E-state index in [1.807, 2.05) is 0 Å². The van der Waals surface area contributed by atoms with Crippen molar-refractivity contribution < 1.29 is 14.8 Å². The van der Waals surface area contributed by atoms with Crippen molar-refractivity contribution >= 4 is 17.1 Å². The summed E-state index contributed by atoms with van der Waals surface area (Å²) in [6.07, 6.45) is 0.430. The molecule has 0 amide bonds. The maximum absolute atomic E-state index is 10.9. The molecule has 1 unspecified atom stereocenters. The van der Waals surface area contributed by atoms with Crippen LogP contribution in [0.2, 0.25) is 0 Å². The van der Waals surface area contributed by atoms with Gasteiger partial charge in [0, 0.05) is 13.7 Å². The van der Waals surface area contributed by atoms with Crippen LogP contribution < -0.4 is 11.1 Å². The molecule has 1 rings (SSSR count). The maximum Gasteiger partial charge on any atom is 0.314 e. The second-order valence-electron chi connectivity index (χ2n) is 3.81. The number of para-hydroxylation sites is 1. The minimum absolute atomic E-state index is 0.0306. The molecule has 0 aliphatic heterocycles. The van der Waals surface area contributed by atoms with Crippen LogP contribution >= 0.6 is 0 Å². The van der Waals surface area contributed by atoms with Gasteiger partial charge < -0.3 is 20.9 Å². The van der Waals surface area contributed by atoms with Crippen LogP contribution in [-0.2, 0) is 4.74 Å². The number of hydrogen-bond acceptors (Lipinski definition) is 6. The maximum atomic E-state index is 10.9. The Hall–Kier alpha value is -1.86. The summed E-state index contributed by atoms with van der Waals surface area (Å²) in [7, 11) is 1.53. The first-order valence-corrected chi connectivity index (χ1v) is 5.49. The number of hydrogen-bond donors (Lipinski definition) is 3. The average Bonchev–Trinajstić information content (AvgIpc) is 2.29. The minimum atomic E-state index is -0.527. The molecule has 0 bridgehead atoms. The van der Waals surface area contributed by atoms with Gasteiger partial charge in [0.05, 0.1) is 17.6 Å². The fourth-order valence-electron chi connectivity index (χ4n) is 1.66. The molecule has 100 valence electrons. The highest BCUT2D eigenvalue weighted by Crippen LogP contribution is 2.31. The van der Waals surface area contributed by atoms with Crippen molar-refractivity contribution in [3.05, 3.63) is 28.3 Å². The third kappa shape index (κ3) is 3.57. The number of nitrogens with two attached hydrogens (primary N) is 1. The first-order chi connectivity index (χ1) is 8.60. The number of ether oxygens (including phenoxy) is 1. The van der Waals surface area contributed by atoms with Crippen molar-refractivity contribution in [2.75, 3.05) is 31.4 Å². The zero-order chi connectivity index (χ0) is 13.5. The van der Waals surface area contributed by atoms with Crippen LogP contribution in [0, 0.1) is 10.1 Å². The summed E-state index contributed by atoms with van der Waals surface area (Å²) in [5.41, 5.74) is 5.86. The van der Waals surface area contributed by atoms with E-state index in [-0.39, 0.29) is 24.0 Å². The highest BCUT2D eigenvalue weighted by Gasteiger charge is 2.20. The second-order valence-corrected chi connectivity index (χ2v) is 3.81. The SMILES string of the molecule is COCC(CCO)Nc1cccc(N)c1[N+](=O)[O-]. The summed E-state index contributed by atoms with van der Waals surface area (Å²) in [4.78, 5) is 10.4. The van der Waals surface area contributed by atoms with Gasteiger partial charge in [-0.05, 0) is 18.6 Å². The van der Waals surface area contributed by atoms with Gasteiger partial charge in [0.2, 0.25) is 0 Å². The van der Waals surface area contributed by atoms with Gasteiger partial charge >= 0.3 is 5.69 Å². The van der Waals surface area contributed by atoms with Gasteiger partial charge in [0.15, 0.2) is 0 Å². The number of anilines is 2. The Labute approximate surface area is 105 Å². The van der Waals surface area contributed by atoms with Crippen LogP contribution in [0.5, 0.6) is 0 Å². The summed E-state index contributed by atoms with van der Waals surface area (Å²) in [5.74, 6) is 0. The molecule has 0 fully saturated rings. The van der Waals surface area contributed by atoms with E-state index >= 15 is 0 Å². The lowest BCUT2D eigenvalue weighted by Gasteiger charge is -2.18. The first kappa shape index (κ1) is 14.2. The van der Waals surface area contributed by atoms with Gasteiger partial charge in [-0.2, -0.15) is 0 Å². The van der Waals surface area contributed by atoms with E-state index in [4.69, 9.17) is 15.6 Å². The van der Waals surface area contributed by atoms with Gasteiger partial charge in [-0.25, -0.2) is 0 Å². The number of nitrogens with one attached hydrogen (secondary N) is 1.